The van der Waals surface area contributed by atoms with E-state index >= 15 is 0 Å². The lowest BCUT2D eigenvalue weighted by Gasteiger charge is -2.09. The topological polar surface area (TPSA) is 81.4 Å². The van der Waals surface area contributed by atoms with E-state index in [0.29, 0.717) is 29.3 Å². The molecule has 1 rings (SSSR count). The lowest BCUT2D eigenvalue weighted by atomic mass is 10.1. The molecule has 17 heavy (non-hydrogen) atoms. The number of methoxy groups -OCH3 is 1. The number of ether oxygens (including phenoxy) is 1. The lowest BCUT2D eigenvalue weighted by Crippen LogP contribution is -2.28. The van der Waals surface area contributed by atoms with Crippen molar-refractivity contribution in [1.29, 1.82) is 0 Å². The summed E-state index contributed by atoms with van der Waals surface area (Å²) in [5.74, 6) is 0.610. The second-order valence-corrected chi connectivity index (χ2v) is 5.01. The molecule has 0 spiro atoms. The summed E-state index contributed by atoms with van der Waals surface area (Å²) in [7, 11) is 0.573. The van der Waals surface area contributed by atoms with Crippen LogP contribution in [0.3, 0.4) is 0 Å². The Bertz CT molecular complexity index is 435. The molecule has 3 N–H and O–H groups in total. The molecular weight excluding hydrogens is 240 g/mol. The van der Waals surface area contributed by atoms with Crippen LogP contribution in [0.15, 0.2) is 18.2 Å². The molecule has 0 aliphatic carbocycles. The molecule has 0 aromatic heterocycles. The second-order valence-electron chi connectivity index (χ2n) is 3.45. The monoisotopic (exact) mass is 256 g/mol. The van der Waals surface area contributed by atoms with Gasteiger partial charge in [0.25, 0.3) is 5.91 Å². The van der Waals surface area contributed by atoms with E-state index in [4.69, 9.17) is 10.5 Å². The first-order valence-corrected chi connectivity index (χ1v) is 6.79. The molecule has 0 heterocycles. The summed E-state index contributed by atoms with van der Waals surface area (Å²) in [4.78, 5) is 11.8. The Kier molecular flexibility index (Phi) is 4.96. The first kappa shape index (κ1) is 13.5. The molecule has 1 atom stereocenters. The maximum Gasteiger partial charge on any atom is 0.253 e. The van der Waals surface area contributed by atoms with Crippen LogP contribution in [0.5, 0.6) is 5.75 Å². The minimum Gasteiger partial charge on any atom is -0.495 e. The number of carbonyl (C=O) groups is 1. The van der Waals surface area contributed by atoms with Gasteiger partial charge in [0, 0.05) is 29.4 Å². The van der Waals surface area contributed by atoms with Crippen LogP contribution in [0.25, 0.3) is 0 Å². The van der Waals surface area contributed by atoms with Crippen LogP contribution in [0.4, 0.5) is 5.69 Å². The van der Waals surface area contributed by atoms with Crippen LogP contribution in [0, 0.1) is 0 Å². The van der Waals surface area contributed by atoms with E-state index in [2.05, 4.69) is 5.32 Å². The van der Waals surface area contributed by atoms with Crippen molar-refractivity contribution in [3.8, 4) is 5.75 Å². The van der Waals surface area contributed by atoms with Gasteiger partial charge >= 0.3 is 0 Å². The summed E-state index contributed by atoms with van der Waals surface area (Å²) >= 11 is 0. The third-order valence-electron chi connectivity index (χ3n) is 2.21. The highest BCUT2D eigenvalue weighted by Gasteiger charge is 2.12. The van der Waals surface area contributed by atoms with Gasteiger partial charge in [-0.05, 0) is 12.1 Å². The van der Waals surface area contributed by atoms with Crippen LogP contribution >= 0.6 is 0 Å². The molecule has 0 saturated heterocycles. The highest BCUT2D eigenvalue weighted by atomic mass is 32.2. The third kappa shape index (κ3) is 3.74. The third-order valence-corrected chi connectivity index (χ3v) is 2.98. The highest BCUT2D eigenvalue weighted by Crippen LogP contribution is 2.24. The van der Waals surface area contributed by atoms with E-state index in [0.717, 1.165) is 0 Å². The van der Waals surface area contributed by atoms with E-state index in [-0.39, 0.29) is 5.91 Å². The molecule has 6 heteroatoms. The molecule has 1 unspecified atom stereocenters. The van der Waals surface area contributed by atoms with Gasteiger partial charge in [0.2, 0.25) is 0 Å². The van der Waals surface area contributed by atoms with Gasteiger partial charge in [-0.2, -0.15) is 0 Å². The quantitative estimate of drug-likeness (QED) is 0.746. The summed E-state index contributed by atoms with van der Waals surface area (Å²) in [6, 6.07) is 5.01. The average Bonchev–Trinajstić information content (AvgIpc) is 2.28. The fraction of sp³-hybridized carbons (Fsp3) is 0.364. The molecule has 0 bridgehead atoms. The number of anilines is 1. The predicted octanol–water partition coefficient (Wildman–Crippen LogP) is 0.386. The Balaban J connectivity index is 2.72. The Hall–Kier alpha value is -1.56. The molecule has 0 aliphatic heterocycles. The molecule has 0 saturated carbocycles. The molecule has 0 fully saturated rings. The van der Waals surface area contributed by atoms with Crippen molar-refractivity contribution >= 4 is 22.4 Å². The number of benzene rings is 1. The van der Waals surface area contributed by atoms with Crippen molar-refractivity contribution in [2.45, 2.75) is 0 Å². The van der Waals surface area contributed by atoms with Crippen molar-refractivity contribution in [2.75, 3.05) is 31.4 Å². The predicted molar refractivity (Wildman–Crippen MR) is 68.7 cm³/mol. The number of nitrogens with two attached hydrogens (primary N) is 1. The van der Waals surface area contributed by atoms with Crippen molar-refractivity contribution in [1.82, 2.24) is 5.32 Å². The number of nitrogen functional groups attached to an aromatic ring is 1. The summed E-state index contributed by atoms with van der Waals surface area (Å²) in [5, 5.41) is 2.65. The second kappa shape index (κ2) is 6.24. The molecular formula is C11H16N2O3S. The highest BCUT2D eigenvalue weighted by molar-refractivity contribution is 7.84. The van der Waals surface area contributed by atoms with Gasteiger partial charge in [-0.3, -0.25) is 9.00 Å². The van der Waals surface area contributed by atoms with Gasteiger partial charge in [0.05, 0.1) is 18.4 Å². The maximum atomic E-state index is 11.8. The smallest absolute Gasteiger partial charge is 0.253 e. The van der Waals surface area contributed by atoms with Crippen molar-refractivity contribution in [3.63, 3.8) is 0 Å². The average molecular weight is 256 g/mol. The van der Waals surface area contributed by atoms with E-state index in [1.807, 2.05) is 0 Å². The first-order chi connectivity index (χ1) is 8.06. The largest absolute Gasteiger partial charge is 0.495 e. The van der Waals surface area contributed by atoms with E-state index in [9.17, 15) is 9.00 Å². The zero-order valence-electron chi connectivity index (χ0n) is 9.86. The fourth-order valence-corrected chi connectivity index (χ4v) is 1.71. The van der Waals surface area contributed by atoms with Crippen LogP contribution in [-0.2, 0) is 10.8 Å². The van der Waals surface area contributed by atoms with E-state index in [1.54, 1.807) is 24.5 Å². The van der Waals surface area contributed by atoms with Gasteiger partial charge in [-0.25, -0.2) is 0 Å². The van der Waals surface area contributed by atoms with Gasteiger partial charge in [0.15, 0.2) is 0 Å². The summed E-state index contributed by atoms with van der Waals surface area (Å²) in [6.45, 7) is 0.360. The molecule has 1 aromatic carbocycles. The molecule has 94 valence electrons. The summed E-state index contributed by atoms with van der Waals surface area (Å²) in [6.07, 6.45) is 1.59. The van der Waals surface area contributed by atoms with Gasteiger partial charge in [0.1, 0.15) is 5.75 Å². The zero-order chi connectivity index (χ0) is 12.8. The Morgan fingerprint density at radius 1 is 1.53 bits per heavy atom. The summed E-state index contributed by atoms with van der Waals surface area (Å²) < 4.78 is 15.9. The maximum absolute atomic E-state index is 11.8. The number of rotatable bonds is 5. The van der Waals surface area contributed by atoms with Crippen LogP contribution in [0.2, 0.25) is 0 Å². The SMILES string of the molecule is COc1cccc(C(=O)NCCS(C)=O)c1N. The minimum absolute atomic E-state index is 0.285. The minimum atomic E-state index is -0.920. The molecule has 0 radical (unpaired) electrons. The summed E-state index contributed by atoms with van der Waals surface area (Å²) in [5.41, 5.74) is 6.46. The van der Waals surface area contributed by atoms with Crippen molar-refractivity contribution < 1.29 is 13.7 Å². The number of nitrogens with one attached hydrogen (secondary N) is 1. The normalized spacial score (nSPS) is 11.9. The number of carbonyl (C=O) groups excluding carboxylic acids is 1. The number of amides is 1. The first-order valence-electron chi connectivity index (χ1n) is 5.07. The van der Waals surface area contributed by atoms with Crippen LogP contribution < -0.4 is 15.8 Å². The van der Waals surface area contributed by atoms with Gasteiger partial charge in [-0.1, -0.05) is 6.07 Å². The van der Waals surface area contributed by atoms with Crippen molar-refractivity contribution in [3.05, 3.63) is 23.8 Å². The molecule has 0 aliphatic rings. The van der Waals surface area contributed by atoms with Crippen molar-refractivity contribution in [2.24, 2.45) is 0 Å². The zero-order valence-corrected chi connectivity index (χ0v) is 10.7. The van der Waals surface area contributed by atoms with Gasteiger partial charge < -0.3 is 15.8 Å². The van der Waals surface area contributed by atoms with Gasteiger partial charge in [-0.15, -0.1) is 0 Å². The van der Waals surface area contributed by atoms with E-state index < -0.39 is 10.8 Å². The molecule has 1 aromatic rings. The fourth-order valence-electron chi connectivity index (χ4n) is 1.32. The molecule has 1 amide bonds. The molecule has 5 nitrogen and oxygen atoms in total. The number of para-hydroxylation sites is 1. The Morgan fingerprint density at radius 3 is 2.82 bits per heavy atom. The van der Waals surface area contributed by atoms with E-state index in [1.165, 1.54) is 7.11 Å². The van der Waals surface area contributed by atoms with Crippen LogP contribution in [0.1, 0.15) is 10.4 Å². The number of hydrogen-bond acceptors (Lipinski definition) is 4. The lowest BCUT2D eigenvalue weighted by molar-refractivity contribution is 0.0957. The number of hydrogen-bond donors (Lipinski definition) is 2. The Morgan fingerprint density at radius 2 is 2.24 bits per heavy atom. The Labute approximate surface area is 103 Å². The standard InChI is InChI=1S/C11H16N2O3S/c1-16-9-5-3-4-8(10(9)12)11(14)13-6-7-17(2)15/h3-5H,6-7,12H2,1-2H3,(H,13,14). The van der Waals surface area contributed by atoms with Crippen LogP contribution in [-0.4, -0.2) is 35.8 Å².